The van der Waals surface area contributed by atoms with Gasteiger partial charge in [-0.2, -0.15) is 13.2 Å². The number of halogens is 4. The van der Waals surface area contributed by atoms with Gasteiger partial charge in [-0.3, -0.25) is 9.10 Å². The van der Waals surface area contributed by atoms with Gasteiger partial charge < -0.3 is 19.5 Å². The Labute approximate surface area is 276 Å². The highest BCUT2D eigenvalue weighted by atomic mass is 32.2. The van der Waals surface area contributed by atoms with Crippen molar-refractivity contribution in [3.05, 3.63) is 94.0 Å². The number of nitrogens with zero attached hydrogens (tertiary/aromatic N) is 1. The molecule has 8 nitrogen and oxygen atoms in total. The van der Waals surface area contributed by atoms with Crippen molar-refractivity contribution in [1.29, 1.82) is 0 Å². The van der Waals surface area contributed by atoms with Crippen molar-refractivity contribution in [2.24, 2.45) is 5.73 Å². The van der Waals surface area contributed by atoms with E-state index in [1.807, 2.05) is 0 Å². The SMILES string of the molecule is CC1(C)OB(c2ccc(CN(c3cc4oc(Cc5ccc(F)cc5)c(C(N)=O)c4cc3C3CC3)S(C)(=O)=O)cc2C(F)(F)F)OC1(C)C. The fourth-order valence-corrected chi connectivity index (χ4v) is 6.89. The van der Waals surface area contributed by atoms with Crippen molar-refractivity contribution < 1.29 is 44.5 Å². The van der Waals surface area contributed by atoms with Crippen LogP contribution in [0.5, 0.6) is 0 Å². The van der Waals surface area contributed by atoms with E-state index in [1.54, 1.807) is 45.9 Å². The molecule has 0 bridgehead atoms. The molecule has 2 aliphatic rings. The summed E-state index contributed by atoms with van der Waals surface area (Å²) < 4.78 is 103. The predicted molar refractivity (Wildman–Crippen MR) is 174 cm³/mol. The molecule has 1 saturated carbocycles. The van der Waals surface area contributed by atoms with Crippen LogP contribution in [-0.4, -0.2) is 38.9 Å². The lowest BCUT2D eigenvalue weighted by atomic mass is 9.75. The summed E-state index contributed by atoms with van der Waals surface area (Å²) in [4.78, 5) is 12.7. The minimum atomic E-state index is -4.79. The van der Waals surface area contributed by atoms with Crippen molar-refractivity contribution >= 4 is 45.2 Å². The standard InChI is InChI=1S/C34H35BF4N2O6S/c1-32(2)33(3,4)47-35(46-32)26-13-8-20(14-25(26)34(37,38)39)18-41(48(5,43)44)27-17-28-24(16-23(27)21-9-10-21)30(31(40)42)29(45-28)15-19-6-11-22(36)12-7-19/h6-8,11-14,16-17,21H,9-10,15,18H2,1-5H3,(H2,40,42). The maximum Gasteiger partial charge on any atom is 0.495 e. The number of sulfonamides is 1. The van der Waals surface area contributed by atoms with Crippen LogP contribution < -0.4 is 15.5 Å². The fraction of sp³-hybridized carbons (Fsp3) is 0.382. The first-order valence-corrected chi connectivity index (χ1v) is 17.3. The van der Waals surface area contributed by atoms with Gasteiger partial charge in [0.1, 0.15) is 17.2 Å². The second-order valence-corrected chi connectivity index (χ2v) is 15.4. The fourth-order valence-electron chi connectivity index (χ4n) is 5.99. The number of fused-ring (bicyclic) bond motifs is 1. The first kappa shape index (κ1) is 34.0. The Balaban J connectivity index is 1.43. The van der Waals surface area contributed by atoms with Gasteiger partial charge >= 0.3 is 13.3 Å². The largest absolute Gasteiger partial charge is 0.495 e. The first-order valence-electron chi connectivity index (χ1n) is 15.4. The highest BCUT2D eigenvalue weighted by Gasteiger charge is 2.53. The number of hydrogen-bond donors (Lipinski definition) is 1. The van der Waals surface area contributed by atoms with E-state index in [1.165, 1.54) is 30.3 Å². The maximum absolute atomic E-state index is 14.5. The second kappa shape index (κ2) is 11.6. The number of hydrogen-bond acceptors (Lipinski definition) is 6. The third-order valence-corrected chi connectivity index (χ3v) is 10.5. The summed E-state index contributed by atoms with van der Waals surface area (Å²) >= 11 is 0. The van der Waals surface area contributed by atoms with Crippen LogP contribution in [-0.2, 0) is 38.5 Å². The minimum absolute atomic E-state index is 0.0405. The van der Waals surface area contributed by atoms with E-state index in [9.17, 15) is 30.8 Å². The van der Waals surface area contributed by atoms with Crippen molar-refractivity contribution in [3.63, 3.8) is 0 Å². The zero-order chi connectivity index (χ0) is 35.0. The summed E-state index contributed by atoms with van der Waals surface area (Å²) in [5, 5.41) is 0.393. The molecule has 4 aromatic rings. The Morgan fingerprint density at radius 1 is 0.979 bits per heavy atom. The number of furan rings is 1. The van der Waals surface area contributed by atoms with E-state index in [4.69, 9.17) is 19.5 Å². The minimum Gasteiger partial charge on any atom is -0.460 e. The molecule has 3 aromatic carbocycles. The number of nitrogens with two attached hydrogens (primary N) is 1. The van der Waals surface area contributed by atoms with Crippen LogP contribution in [0, 0.1) is 5.82 Å². The number of benzene rings is 3. The zero-order valence-electron chi connectivity index (χ0n) is 27.1. The van der Waals surface area contributed by atoms with Crippen molar-refractivity contribution in [1.82, 2.24) is 0 Å². The first-order chi connectivity index (χ1) is 22.2. The molecule has 0 radical (unpaired) electrons. The van der Waals surface area contributed by atoms with Gasteiger partial charge in [0, 0.05) is 17.9 Å². The van der Waals surface area contributed by atoms with Crippen LogP contribution >= 0.6 is 0 Å². The molecule has 2 fully saturated rings. The van der Waals surface area contributed by atoms with Crippen molar-refractivity contribution in [2.45, 2.75) is 76.8 Å². The Kier molecular flexibility index (Phi) is 8.24. The molecule has 1 aromatic heterocycles. The highest BCUT2D eigenvalue weighted by Crippen LogP contribution is 2.48. The lowest BCUT2D eigenvalue weighted by Gasteiger charge is -2.32. The Hall–Kier alpha value is -3.88. The molecule has 1 aliphatic heterocycles. The molecule has 0 unspecified atom stereocenters. The molecule has 1 aliphatic carbocycles. The van der Waals surface area contributed by atoms with Gasteiger partial charge in [-0.15, -0.1) is 0 Å². The van der Waals surface area contributed by atoms with Gasteiger partial charge in [-0.05, 0) is 92.9 Å². The molecule has 0 spiro atoms. The van der Waals surface area contributed by atoms with Crippen LogP contribution in [0.1, 0.15) is 84.8 Å². The Bertz CT molecular complexity index is 2010. The van der Waals surface area contributed by atoms with Crippen LogP contribution in [0.3, 0.4) is 0 Å². The number of carbonyl (C=O) groups excluding carboxylic acids is 1. The third kappa shape index (κ3) is 6.45. The number of rotatable bonds is 9. The lowest BCUT2D eigenvalue weighted by molar-refractivity contribution is -0.136. The monoisotopic (exact) mass is 686 g/mol. The van der Waals surface area contributed by atoms with Gasteiger partial charge in [0.2, 0.25) is 10.0 Å². The molecule has 0 atom stereocenters. The average Bonchev–Trinajstić information content (AvgIpc) is 3.71. The van der Waals surface area contributed by atoms with Crippen LogP contribution in [0.15, 0.2) is 59.0 Å². The number of anilines is 1. The molecule has 1 saturated heterocycles. The average molecular weight is 687 g/mol. The number of amides is 1. The molecule has 1 amide bonds. The smallest absolute Gasteiger partial charge is 0.460 e. The molecule has 48 heavy (non-hydrogen) atoms. The van der Waals surface area contributed by atoms with Gasteiger partial charge in [0.15, 0.2) is 0 Å². The van der Waals surface area contributed by atoms with E-state index in [2.05, 4.69) is 0 Å². The van der Waals surface area contributed by atoms with E-state index < -0.39 is 58.4 Å². The van der Waals surface area contributed by atoms with Gasteiger partial charge in [-0.1, -0.05) is 24.3 Å². The summed E-state index contributed by atoms with van der Waals surface area (Å²) in [5.41, 5.74) is 4.72. The van der Waals surface area contributed by atoms with Crippen LogP contribution in [0.2, 0.25) is 0 Å². The molecule has 6 rings (SSSR count). The van der Waals surface area contributed by atoms with Crippen molar-refractivity contribution in [2.75, 3.05) is 10.6 Å². The molecule has 2 N–H and O–H groups in total. The Morgan fingerprint density at radius 3 is 2.12 bits per heavy atom. The number of alkyl halides is 3. The summed E-state index contributed by atoms with van der Waals surface area (Å²) in [7, 11) is -5.34. The van der Waals surface area contributed by atoms with E-state index in [-0.39, 0.29) is 46.0 Å². The van der Waals surface area contributed by atoms with Crippen LogP contribution in [0.4, 0.5) is 23.2 Å². The predicted octanol–water partition coefficient (Wildman–Crippen LogP) is 6.42. The maximum atomic E-state index is 14.5. The number of carbonyl (C=O) groups is 1. The number of primary amides is 1. The van der Waals surface area contributed by atoms with E-state index in [0.29, 0.717) is 16.5 Å². The van der Waals surface area contributed by atoms with Gasteiger partial charge in [0.05, 0.1) is 40.8 Å². The summed E-state index contributed by atoms with van der Waals surface area (Å²) in [5.74, 6) is -0.992. The van der Waals surface area contributed by atoms with E-state index >= 15 is 0 Å². The topological polar surface area (TPSA) is 112 Å². The second-order valence-electron chi connectivity index (χ2n) is 13.5. The molecular weight excluding hydrogens is 651 g/mol. The highest BCUT2D eigenvalue weighted by molar-refractivity contribution is 7.92. The van der Waals surface area contributed by atoms with Crippen LogP contribution in [0.25, 0.3) is 11.0 Å². The summed E-state index contributed by atoms with van der Waals surface area (Å²) in [6.07, 6.45) is -2.18. The molecule has 2 heterocycles. The Morgan fingerprint density at radius 2 is 1.58 bits per heavy atom. The van der Waals surface area contributed by atoms with Gasteiger partial charge in [-0.25, -0.2) is 12.8 Å². The summed E-state index contributed by atoms with van der Waals surface area (Å²) in [6, 6.07) is 12.4. The van der Waals surface area contributed by atoms with Crippen molar-refractivity contribution in [3.8, 4) is 0 Å². The molecule has 14 heteroatoms. The molecular formula is C34H35BF4N2O6S. The van der Waals surface area contributed by atoms with E-state index in [0.717, 1.165) is 29.5 Å². The van der Waals surface area contributed by atoms with Gasteiger partial charge in [0.25, 0.3) is 5.91 Å². The zero-order valence-corrected chi connectivity index (χ0v) is 27.9. The quantitative estimate of drug-likeness (QED) is 0.161. The normalized spacial score (nSPS) is 17.6. The molecule has 254 valence electrons. The lowest BCUT2D eigenvalue weighted by Crippen LogP contribution is -2.41. The third-order valence-electron chi connectivity index (χ3n) is 9.38. The summed E-state index contributed by atoms with van der Waals surface area (Å²) in [6.45, 7) is 6.55.